The maximum atomic E-state index is 13.0. The van der Waals surface area contributed by atoms with Gasteiger partial charge in [0.15, 0.2) is 6.10 Å². The highest BCUT2D eigenvalue weighted by Crippen LogP contribution is 2.18. The first-order valence-electron chi connectivity index (χ1n) is 36.6. The predicted molar refractivity (Wildman–Crippen MR) is 378 cm³/mol. The number of carbonyl (C=O) groups excluding carboxylic acids is 2. The van der Waals surface area contributed by atoms with Crippen molar-refractivity contribution in [3.05, 3.63) is 109 Å². The van der Waals surface area contributed by atoms with Crippen LogP contribution in [0.2, 0.25) is 0 Å². The van der Waals surface area contributed by atoms with Crippen molar-refractivity contribution in [2.45, 2.75) is 328 Å². The molecule has 88 heavy (non-hydrogen) atoms. The van der Waals surface area contributed by atoms with E-state index < -0.39 is 24.3 Å². The standard InChI is InChI=1S/C79H137NO8/c1-6-8-10-12-14-16-18-20-22-24-26-28-30-32-34-35-36-37-38-39-40-41-42-43-44-46-48-50-52-54-56-58-60-62-64-66-68-70-77(82)88-75(74-87-79(78(83)84)85-72-71-80(3,4)5)73-86-76(81)69-67-65-63-61-59-57-55-53-51-49-47-45-33-31-29-27-25-23-21-19-17-15-13-11-9-7-2/h8,10,14,16,20,22,26,28,32,34,36-37,39-40,42-43,46,48,75,79H,6-7,9,11-13,15,17-19,21,23-25,27,29-31,33,35,38,41,44-45,47,49-74H2,1-5H3/p+1/b10-8-,16-14-,22-20-,28-26-,34-32-,37-36-,40-39-,43-42-,48-46-. The number of unbranched alkanes of at least 4 members (excludes halogenated alkanes) is 34. The van der Waals surface area contributed by atoms with Crippen LogP contribution >= 0.6 is 0 Å². The summed E-state index contributed by atoms with van der Waals surface area (Å²) in [5.74, 6) is -2.00. The zero-order valence-electron chi connectivity index (χ0n) is 57.9. The summed E-state index contributed by atoms with van der Waals surface area (Å²) >= 11 is 0. The molecule has 0 radical (unpaired) electrons. The third-order valence-electron chi connectivity index (χ3n) is 15.8. The molecule has 0 saturated carbocycles. The summed E-state index contributed by atoms with van der Waals surface area (Å²) in [6, 6.07) is 0. The first kappa shape index (κ1) is 84.0. The van der Waals surface area contributed by atoms with Crippen LogP contribution in [0.4, 0.5) is 0 Å². The van der Waals surface area contributed by atoms with Crippen LogP contribution in [-0.4, -0.2) is 87.4 Å². The Labute approximate surface area is 543 Å². The molecule has 0 rings (SSSR count). The summed E-state index contributed by atoms with van der Waals surface area (Å²) in [5.41, 5.74) is 0. The van der Waals surface area contributed by atoms with Crippen LogP contribution in [0, 0.1) is 0 Å². The summed E-state index contributed by atoms with van der Waals surface area (Å²) in [6.45, 7) is 4.79. The lowest BCUT2D eigenvalue weighted by Crippen LogP contribution is -2.40. The van der Waals surface area contributed by atoms with Crippen molar-refractivity contribution in [1.82, 2.24) is 0 Å². The highest BCUT2D eigenvalue weighted by molar-refractivity contribution is 5.71. The average Bonchev–Trinajstić information content (AvgIpc) is 3.54. The minimum atomic E-state index is -1.52. The molecule has 0 saturated heterocycles. The molecule has 2 unspecified atom stereocenters. The number of hydrogen-bond donors (Lipinski definition) is 1. The van der Waals surface area contributed by atoms with E-state index in [0.717, 1.165) is 103 Å². The number of carboxylic acid groups (broad SMARTS) is 1. The van der Waals surface area contributed by atoms with E-state index in [1.165, 1.54) is 180 Å². The van der Waals surface area contributed by atoms with Crippen molar-refractivity contribution < 1.29 is 42.9 Å². The van der Waals surface area contributed by atoms with Crippen LogP contribution in [0.1, 0.15) is 316 Å². The Morgan fingerprint density at radius 1 is 0.352 bits per heavy atom. The monoisotopic (exact) mass is 1230 g/mol. The van der Waals surface area contributed by atoms with Crippen LogP contribution < -0.4 is 0 Å². The quantitative estimate of drug-likeness (QED) is 0.0211. The molecular formula is C79H138NO8+. The SMILES string of the molecule is CC/C=C\C/C=C\C/C=C\C/C=C\C/C=C\C/C=C\C/C=C\C/C=C\C/C=C\CCCCCCCCCCCC(=O)OC(COC(=O)CCCCCCCCCCCCCCCCCCCCCCCCCCCC)COC(OCC[N+](C)(C)C)C(=O)O. The van der Waals surface area contributed by atoms with Crippen molar-refractivity contribution in [3.8, 4) is 0 Å². The molecule has 506 valence electrons. The van der Waals surface area contributed by atoms with Gasteiger partial charge in [0.25, 0.3) is 6.29 Å². The topological polar surface area (TPSA) is 108 Å². The van der Waals surface area contributed by atoms with Gasteiger partial charge in [-0.1, -0.05) is 329 Å². The molecule has 0 fully saturated rings. The van der Waals surface area contributed by atoms with E-state index in [2.05, 4.69) is 123 Å². The smallest absolute Gasteiger partial charge is 0.361 e. The normalized spacial score (nSPS) is 13.3. The number of allylic oxidation sites excluding steroid dienone is 18. The van der Waals surface area contributed by atoms with Crippen molar-refractivity contribution >= 4 is 17.9 Å². The molecule has 0 spiro atoms. The molecule has 0 aromatic carbocycles. The number of nitrogens with zero attached hydrogens (tertiary/aromatic N) is 1. The summed E-state index contributed by atoms with van der Waals surface area (Å²) in [6.07, 6.45) is 93.5. The zero-order chi connectivity index (χ0) is 64.0. The van der Waals surface area contributed by atoms with Crippen LogP contribution in [-0.2, 0) is 33.3 Å². The second-order valence-corrected chi connectivity index (χ2v) is 25.5. The van der Waals surface area contributed by atoms with Gasteiger partial charge in [-0.3, -0.25) is 9.59 Å². The van der Waals surface area contributed by atoms with E-state index in [1.54, 1.807) is 0 Å². The number of hydrogen-bond acceptors (Lipinski definition) is 7. The third-order valence-corrected chi connectivity index (χ3v) is 15.8. The summed E-state index contributed by atoms with van der Waals surface area (Å²) in [5, 5.41) is 9.75. The van der Waals surface area contributed by atoms with E-state index in [4.69, 9.17) is 18.9 Å². The number of carboxylic acids is 1. The van der Waals surface area contributed by atoms with Crippen LogP contribution in [0.3, 0.4) is 0 Å². The average molecular weight is 1230 g/mol. The van der Waals surface area contributed by atoms with Gasteiger partial charge < -0.3 is 28.5 Å². The van der Waals surface area contributed by atoms with Crippen molar-refractivity contribution in [1.29, 1.82) is 0 Å². The summed E-state index contributed by atoms with van der Waals surface area (Å²) in [7, 11) is 5.98. The largest absolute Gasteiger partial charge is 0.477 e. The Morgan fingerprint density at radius 3 is 0.966 bits per heavy atom. The van der Waals surface area contributed by atoms with Gasteiger partial charge in [0.05, 0.1) is 34.4 Å². The maximum absolute atomic E-state index is 13.0. The second-order valence-electron chi connectivity index (χ2n) is 25.5. The fraction of sp³-hybridized carbons (Fsp3) is 0.734. The lowest BCUT2D eigenvalue weighted by Gasteiger charge is -2.25. The van der Waals surface area contributed by atoms with Gasteiger partial charge in [-0.2, -0.15) is 0 Å². The highest BCUT2D eigenvalue weighted by Gasteiger charge is 2.25. The van der Waals surface area contributed by atoms with Crippen molar-refractivity contribution in [3.63, 3.8) is 0 Å². The number of ether oxygens (including phenoxy) is 4. The summed E-state index contributed by atoms with van der Waals surface area (Å²) < 4.78 is 23.0. The molecule has 1 N–H and O–H groups in total. The maximum Gasteiger partial charge on any atom is 0.361 e. The van der Waals surface area contributed by atoms with Crippen LogP contribution in [0.25, 0.3) is 0 Å². The molecular weight excluding hydrogens is 1090 g/mol. The van der Waals surface area contributed by atoms with Crippen LogP contribution in [0.15, 0.2) is 109 Å². The Morgan fingerprint density at radius 2 is 0.648 bits per heavy atom. The van der Waals surface area contributed by atoms with Gasteiger partial charge in [-0.25, -0.2) is 4.79 Å². The first-order valence-corrected chi connectivity index (χ1v) is 36.6. The van der Waals surface area contributed by atoms with Gasteiger partial charge >= 0.3 is 17.9 Å². The molecule has 0 aliphatic heterocycles. The van der Waals surface area contributed by atoms with Gasteiger partial charge in [-0.15, -0.1) is 0 Å². The van der Waals surface area contributed by atoms with E-state index in [-0.39, 0.29) is 32.2 Å². The predicted octanol–water partition coefficient (Wildman–Crippen LogP) is 23.0. The Hall–Kier alpha value is -4.05. The molecule has 2 atom stereocenters. The lowest BCUT2D eigenvalue weighted by atomic mass is 10.0. The third kappa shape index (κ3) is 69.4. The molecule has 0 bridgehead atoms. The zero-order valence-corrected chi connectivity index (χ0v) is 57.9. The number of likely N-dealkylation sites (N-methyl/N-ethyl adjacent to an activating group) is 1. The molecule has 0 aliphatic rings. The fourth-order valence-electron chi connectivity index (χ4n) is 10.2. The minimum Gasteiger partial charge on any atom is -0.477 e. The number of quaternary nitrogens is 1. The molecule has 0 amide bonds. The van der Waals surface area contributed by atoms with Gasteiger partial charge in [0, 0.05) is 12.8 Å². The minimum absolute atomic E-state index is 0.183. The van der Waals surface area contributed by atoms with Crippen LogP contribution in [0.5, 0.6) is 0 Å². The van der Waals surface area contributed by atoms with Gasteiger partial charge in [-0.05, 0) is 83.5 Å². The number of carbonyl (C=O) groups is 3. The Kier molecular flexibility index (Phi) is 65.7. The first-order chi connectivity index (χ1) is 43.1. The lowest BCUT2D eigenvalue weighted by molar-refractivity contribution is -0.870. The second kappa shape index (κ2) is 68.9. The van der Waals surface area contributed by atoms with Gasteiger partial charge in [0.1, 0.15) is 13.2 Å². The molecule has 0 heterocycles. The Balaban J connectivity index is 4.13. The van der Waals surface area contributed by atoms with Crippen molar-refractivity contribution in [2.24, 2.45) is 0 Å². The molecule has 9 nitrogen and oxygen atoms in total. The van der Waals surface area contributed by atoms with E-state index in [1.807, 2.05) is 21.1 Å². The molecule has 9 heteroatoms. The highest BCUT2D eigenvalue weighted by atomic mass is 16.7. The van der Waals surface area contributed by atoms with Gasteiger partial charge in [0.2, 0.25) is 0 Å². The molecule has 0 aromatic heterocycles. The summed E-state index contributed by atoms with van der Waals surface area (Å²) in [4.78, 5) is 37.7. The number of rotatable bonds is 67. The molecule has 0 aromatic rings. The van der Waals surface area contributed by atoms with E-state index in [0.29, 0.717) is 23.9 Å². The van der Waals surface area contributed by atoms with E-state index >= 15 is 0 Å². The van der Waals surface area contributed by atoms with E-state index in [9.17, 15) is 19.5 Å². The van der Waals surface area contributed by atoms with Crippen molar-refractivity contribution in [2.75, 3.05) is 47.5 Å². The number of esters is 2. The Bertz CT molecular complexity index is 1810. The number of aliphatic carboxylic acids is 1. The fourth-order valence-corrected chi connectivity index (χ4v) is 10.2. The molecule has 0 aliphatic carbocycles.